The van der Waals surface area contributed by atoms with Gasteiger partial charge in [-0.05, 0) is 6.92 Å². The number of ether oxygens (including phenoxy) is 1. The van der Waals surface area contributed by atoms with Crippen LogP contribution in [0.25, 0.3) is 0 Å². The predicted octanol–water partition coefficient (Wildman–Crippen LogP) is -0.00982. The second kappa shape index (κ2) is 4.47. The number of nitriles is 1. The van der Waals surface area contributed by atoms with Crippen LogP contribution in [0.15, 0.2) is 12.2 Å². The summed E-state index contributed by atoms with van der Waals surface area (Å²) in [6, 6.07) is 1.56. The lowest BCUT2D eigenvalue weighted by molar-refractivity contribution is -0.150. The topological polar surface area (TPSA) is 70.3 Å². The number of hydrogen-bond donors (Lipinski definition) is 1. The lowest BCUT2D eigenvalue weighted by Crippen LogP contribution is -2.24. The van der Waals surface area contributed by atoms with Gasteiger partial charge in [-0.2, -0.15) is 5.26 Å². The third kappa shape index (κ3) is 2.83. The van der Waals surface area contributed by atoms with Crippen LogP contribution in [0.2, 0.25) is 0 Å². The second-order valence-corrected chi connectivity index (χ2v) is 1.79. The minimum absolute atomic E-state index is 0.175. The van der Waals surface area contributed by atoms with Crippen molar-refractivity contribution in [3.8, 4) is 6.07 Å². The van der Waals surface area contributed by atoms with Crippen LogP contribution in [0.5, 0.6) is 0 Å². The van der Waals surface area contributed by atoms with Gasteiger partial charge < -0.3 is 9.84 Å². The van der Waals surface area contributed by atoms with E-state index in [4.69, 9.17) is 10.4 Å². The van der Waals surface area contributed by atoms with Gasteiger partial charge in [-0.15, -0.1) is 0 Å². The molecule has 1 unspecified atom stereocenters. The Bertz CT molecular complexity index is 204. The normalized spacial score (nSPS) is 11.4. The maximum atomic E-state index is 10.7. The Morgan fingerprint density at radius 1 is 1.91 bits per heavy atom. The van der Waals surface area contributed by atoms with Gasteiger partial charge in [0.2, 0.25) is 0 Å². The van der Waals surface area contributed by atoms with Gasteiger partial charge in [0.15, 0.2) is 6.10 Å². The first kappa shape index (κ1) is 9.66. The molecule has 0 spiro atoms. The first-order valence-corrected chi connectivity index (χ1v) is 3.07. The molecule has 0 bridgehead atoms. The summed E-state index contributed by atoms with van der Waals surface area (Å²) in [5, 5.41) is 17.1. The molecule has 0 saturated heterocycles. The molecule has 0 aliphatic carbocycles. The average molecular weight is 155 g/mol. The van der Waals surface area contributed by atoms with Gasteiger partial charge in [-0.1, -0.05) is 6.58 Å². The van der Waals surface area contributed by atoms with Gasteiger partial charge in [-0.25, -0.2) is 4.79 Å². The largest absolute Gasteiger partial charge is 0.464 e. The molecule has 0 saturated carbocycles. The van der Waals surface area contributed by atoms with Crippen molar-refractivity contribution in [2.45, 2.75) is 13.0 Å². The number of hydrogen-bond acceptors (Lipinski definition) is 4. The third-order valence-corrected chi connectivity index (χ3v) is 0.984. The highest BCUT2D eigenvalue weighted by molar-refractivity contribution is 5.78. The zero-order valence-electron chi connectivity index (χ0n) is 6.20. The molecule has 1 N–H and O–H groups in total. The highest BCUT2D eigenvalue weighted by Crippen LogP contribution is 1.99. The highest BCUT2D eigenvalue weighted by Gasteiger charge is 2.18. The molecule has 0 heterocycles. The van der Waals surface area contributed by atoms with Gasteiger partial charge in [-0.3, -0.25) is 0 Å². The van der Waals surface area contributed by atoms with E-state index in [-0.39, 0.29) is 12.2 Å². The number of esters is 1. The van der Waals surface area contributed by atoms with Gasteiger partial charge in [0.25, 0.3) is 0 Å². The standard InChI is InChI=1S/C7H9NO3/c1-3-11-7(10)6(9)5(2)4-8/h6,9H,2-3H2,1H3. The molecule has 0 rings (SSSR count). The van der Waals surface area contributed by atoms with Crippen LogP contribution < -0.4 is 0 Å². The van der Waals surface area contributed by atoms with E-state index in [2.05, 4.69) is 11.3 Å². The summed E-state index contributed by atoms with van der Waals surface area (Å²) < 4.78 is 4.43. The maximum Gasteiger partial charge on any atom is 0.340 e. The molecule has 0 aromatic rings. The molecule has 0 aliphatic rings. The fourth-order valence-corrected chi connectivity index (χ4v) is 0.425. The third-order valence-electron chi connectivity index (χ3n) is 0.984. The van der Waals surface area contributed by atoms with E-state index in [1.807, 2.05) is 0 Å². The number of nitrogens with zero attached hydrogens (tertiary/aromatic N) is 1. The predicted molar refractivity (Wildman–Crippen MR) is 37.4 cm³/mol. The summed E-state index contributed by atoms with van der Waals surface area (Å²) in [7, 11) is 0. The Kier molecular flexibility index (Phi) is 3.93. The zero-order valence-corrected chi connectivity index (χ0v) is 6.20. The molecule has 0 aromatic heterocycles. The Labute approximate surface area is 64.7 Å². The van der Waals surface area contributed by atoms with Gasteiger partial charge in [0.05, 0.1) is 18.2 Å². The Hall–Kier alpha value is -1.34. The average Bonchev–Trinajstić information content (AvgIpc) is 2.02. The Morgan fingerprint density at radius 3 is 2.82 bits per heavy atom. The number of carbonyl (C=O) groups excluding carboxylic acids is 1. The van der Waals surface area contributed by atoms with E-state index in [9.17, 15) is 4.79 Å². The molecule has 0 aliphatic heterocycles. The molecule has 1 atom stereocenters. The van der Waals surface area contributed by atoms with Crippen molar-refractivity contribution in [3.05, 3.63) is 12.2 Å². The van der Waals surface area contributed by atoms with Crippen LogP contribution >= 0.6 is 0 Å². The van der Waals surface area contributed by atoms with Crippen LogP contribution in [-0.2, 0) is 9.53 Å². The fourth-order valence-electron chi connectivity index (χ4n) is 0.425. The summed E-state index contributed by atoms with van der Waals surface area (Å²) in [5.74, 6) is -0.834. The number of aliphatic hydroxyl groups is 1. The molecule has 4 nitrogen and oxygen atoms in total. The first-order valence-electron chi connectivity index (χ1n) is 3.07. The molecule has 0 fully saturated rings. The number of carbonyl (C=O) groups is 1. The lowest BCUT2D eigenvalue weighted by Gasteiger charge is -2.05. The van der Waals surface area contributed by atoms with Crippen molar-refractivity contribution in [1.29, 1.82) is 5.26 Å². The molecule has 60 valence electrons. The first-order chi connectivity index (χ1) is 5.13. The lowest BCUT2D eigenvalue weighted by atomic mass is 10.2. The summed E-state index contributed by atoms with van der Waals surface area (Å²) in [4.78, 5) is 10.7. The summed E-state index contributed by atoms with van der Waals surface area (Å²) in [5.41, 5.74) is -0.205. The summed E-state index contributed by atoms with van der Waals surface area (Å²) in [6.07, 6.45) is -1.51. The molecule has 0 radical (unpaired) electrons. The van der Waals surface area contributed by atoms with Gasteiger partial charge >= 0.3 is 5.97 Å². The van der Waals surface area contributed by atoms with E-state index < -0.39 is 12.1 Å². The van der Waals surface area contributed by atoms with Gasteiger partial charge in [0, 0.05) is 0 Å². The number of aliphatic hydroxyl groups excluding tert-OH is 1. The summed E-state index contributed by atoms with van der Waals surface area (Å²) >= 11 is 0. The van der Waals surface area contributed by atoms with Crippen molar-refractivity contribution in [1.82, 2.24) is 0 Å². The van der Waals surface area contributed by atoms with Gasteiger partial charge in [0.1, 0.15) is 0 Å². The van der Waals surface area contributed by atoms with E-state index in [0.29, 0.717) is 0 Å². The second-order valence-electron chi connectivity index (χ2n) is 1.79. The molecule has 4 heteroatoms. The maximum absolute atomic E-state index is 10.7. The van der Waals surface area contributed by atoms with Crippen LogP contribution in [-0.4, -0.2) is 23.8 Å². The SMILES string of the molecule is C=C(C#N)C(O)C(=O)OCC. The van der Waals surface area contributed by atoms with Crippen molar-refractivity contribution in [2.75, 3.05) is 6.61 Å². The molecule has 0 aromatic carbocycles. The minimum atomic E-state index is -1.51. The van der Waals surface area contributed by atoms with Crippen molar-refractivity contribution in [3.63, 3.8) is 0 Å². The van der Waals surface area contributed by atoms with Crippen LogP contribution in [0.4, 0.5) is 0 Å². The molecule has 0 amide bonds. The Balaban J connectivity index is 4.05. The van der Waals surface area contributed by atoms with E-state index in [1.165, 1.54) is 0 Å². The fraction of sp³-hybridized carbons (Fsp3) is 0.429. The van der Waals surface area contributed by atoms with Crippen LogP contribution in [0, 0.1) is 11.3 Å². The highest BCUT2D eigenvalue weighted by atomic mass is 16.5. The van der Waals surface area contributed by atoms with E-state index in [0.717, 1.165) is 0 Å². The van der Waals surface area contributed by atoms with Crippen LogP contribution in [0.1, 0.15) is 6.92 Å². The van der Waals surface area contributed by atoms with Crippen molar-refractivity contribution < 1.29 is 14.6 Å². The monoisotopic (exact) mass is 155 g/mol. The molecular weight excluding hydrogens is 146 g/mol. The molecule has 11 heavy (non-hydrogen) atoms. The van der Waals surface area contributed by atoms with E-state index in [1.54, 1.807) is 13.0 Å². The summed E-state index contributed by atoms with van der Waals surface area (Å²) in [6.45, 7) is 4.95. The minimum Gasteiger partial charge on any atom is -0.464 e. The van der Waals surface area contributed by atoms with E-state index >= 15 is 0 Å². The smallest absolute Gasteiger partial charge is 0.340 e. The Morgan fingerprint density at radius 2 is 2.45 bits per heavy atom. The molecular formula is C7H9NO3. The van der Waals surface area contributed by atoms with Crippen LogP contribution in [0.3, 0.4) is 0 Å². The quantitative estimate of drug-likeness (QED) is 0.459. The van der Waals surface area contributed by atoms with Crippen molar-refractivity contribution >= 4 is 5.97 Å². The number of rotatable bonds is 3. The zero-order chi connectivity index (χ0) is 8.85. The van der Waals surface area contributed by atoms with Crippen molar-refractivity contribution in [2.24, 2.45) is 0 Å².